The summed E-state index contributed by atoms with van der Waals surface area (Å²) in [4.78, 5) is 22.2. The molecule has 0 radical (unpaired) electrons. The summed E-state index contributed by atoms with van der Waals surface area (Å²) < 4.78 is 0. The van der Waals surface area contributed by atoms with Crippen molar-refractivity contribution in [2.45, 2.75) is 9.92 Å². The van der Waals surface area contributed by atoms with Crippen molar-refractivity contribution in [3.8, 4) is 0 Å². The van der Waals surface area contributed by atoms with Crippen molar-refractivity contribution in [2.75, 3.05) is 4.90 Å². The van der Waals surface area contributed by atoms with E-state index < -0.39 is 0 Å². The second kappa shape index (κ2) is 7.26. The number of hydrogen-bond acceptors (Lipinski definition) is 4. The Hall–Kier alpha value is -2.37. The Labute approximate surface area is 143 Å². The quantitative estimate of drug-likeness (QED) is 0.503. The fraction of sp³-hybridized carbons (Fsp3) is 0. The van der Waals surface area contributed by atoms with Gasteiger partial charge in [0.25, 0.3) is 0 Å². The molecule has 0 spiro atoms. The maximum atomic E-state index is 11.5. The lowest BCUT2D eigenvalue weighted by Gasteiger charge is -2.18. The van der Waals surface area contributed by atoms with Gasteiger partial charge < -0.3 is 0 Å². The smallest absolute Gasteiger partial charge is 0.218 e. The molecule has 0 aliphatic carbocycles. The zero-order chi connectivity index (χ0) is 16.1. The summed E-state index contributed by atoms with van der Waals surface area (Å²) in [6, 6.07) is 16.9. The zero-order valence-electron chi connectivity index (χ0n) is 12.0. The van der Waals surface area contributed by atoms with Crippen LogP contribution >= 0.6 is 23.4 Å². The molecule has 2 aromatic heterocycles. The minimum atomic E-state index is 0.284. The van der Waals surface area contributed by atoms with E-state index in [1.54, 1.807) is 36.3 Å². The molecule has 2 heterocycles. The normalized spacial score (nSPS) is 10.3. The molecule has 0 saturated heterocycles. The predicted octanol–water partition coefficient (Wildman–Crippen LogP) is 4.58. The van der Waals surface area contributed by atoms with Crippen LogP contribution in [0.1, 0.15) is 0 Å². The van der Waals surface area contributed by atoms with Gasteiger partial charge in [0.2, 0.25) is 6.41 Å². The van der Waals surface area contributed by atoms with Crippen molar-refractivity contribution in [3.05, 3.63) is 72.1 Å². The standard InChI is InChI=1S/C17H12ClN3OS/c18-17-15(4-3-11-20-17)21(12-22)13-6-8-14(9-7-13)23-16-5-1-2-10-19-16/h1-12H. The zero-order valence-corrected chi connectivity index (χ0v) is 13.5. The van der Waals surface area contributed by atoms with Crippen LogP contribution in [0, 0.1) is 0 Å². The van der Waals surface area contributed by atoms with Gasteiger partial charge in [-0.05, 0) is 48.5 Å². The number of amides is 1. The lowest BCUT2D eigenvalue weighted by Crippen LogP contribution is -2.14. The summed E-state index contributed by atoms with van der Waals surface area (Å²) in [7, 11) is 0. The fourth-order valence-electron chi connectivity index (χ4n) is 2.02. The van der Waals surface area contributed by atoms with E-state index in [-0.39, 0.29) is 5.15 Å². The van der Waals surface area contributed by atoms with Crippen molar-refractivity contribution >= 4 is 41.1 Å². The summed E-state index contributed by atoms with van der Waals surface area (Å²) in [6.07, 6.45) is 4.07. The molecule has 0 atom stereocenters. The summed E-state index contributed by atoms with van der Waals surface area (Å²) in [5, 5.41) is 1.20. The summed E-state index contributed by atoms with van der Waals surface area (Å²) in [6.45, 7) is 0. The lowest BCUT2D eigenvalue weighted by atomic mass is 10.2. The van der Waals surface area contributed by atoms with Crippen molar-refractivity contribution in [3.63, 3.8) is 0 Å². The molecular formula is C17H12ClN3OS. The highest BCUT2D eigenvalue weighted by atomic mass is 35.5. The largest absolute Gasteiger partial charge is 0.281 e. The van der Waals surface area contributed by atoms with E-state index in [1.807, 2.05) is 42.5 Å². The summed E-state index contributed by atoms with van der Waals surface area (Å²) in [5.41, 5.74) is 1.27. The van der Waals surface area contributed by atoms with E-state index in [0.29, 0.717) is 5.69 Å². The van der Waals surface area contributed by atoms with Crippen LogP contribution in [0.3, 0.4) is 0 Å². The maximum Gasteiger partial charge on any atom is 0.218 e. The minimum Gasteiger partial charge on any atom is -0.281 e. The molecule has 0 fully saturated rings. The van der Waals surface area contributed by atoms with E-state index in [2.05, 4.69) is 9.97 Å². The van der Waals surface area contributed by atoms with Crippen molar-refractivity contribution in [2.24, 2.45) is 0 Å². The van der Waals surface area contributed by atoms with Gasteiger partial charge in [-0.1, -0.05) is 29.4 Å². The fourth-order valence-corrected chi connectivity index (χ4v) is 3.00. The Morgan fingerprint density at radius 3 is 2.39 bits per heavy atom. The molecule has 0 N–H and O–H groups in total. The monoisotopic (exact) mass is 341 g/mol. The Kier molecular flexibility index (Phi) is 4.90. The first-order valence-corrected chi connectivity index (χ1v) is 8.01. The number of benzene rings is 1. The third-order valence-corrected chi connectivity index (χ3v) is 4.33. The molecule has 0 aliphatic heterocycles. The van der Waals surface area contributed by atoms with Crippen LogP contribution in [0.5, 0.6) is 0 Å². The average Bonchev–Trinajstić information content (AvgIpc) is 2.59. The van der Waals surface area contributed by atoms with Gasteiger partial charge in [-0.2, -0.15) is 0 Å². The molecule has 114 valence electrons. The van der Waals surface area contributed by atoms with Gasteiger partial charge >= 0.3 is 0 Å². The number of hydrogen-bond donors (Lipinski definition) is 0. The SMILES string of the molecule is O=CN(c1ccc(Sc2ccccn2)cc1)c1cccnc1Cl. The second-order valence-corrected chi connectivity index (χ2v) is 6.00. The number of carbonyl (C=O) groups is 1. The Bertz CT molecular complexity index is 796. The number of halogens is 1. The highest BCUT2D eigenvalue weighted by Gasteiger charge is 2.12. The molecule has 4 nitrogen and oxygen atoms in total. The van der Waals surface area contributed by atoms with Crippen LogP contribution in [0.25, 0.3) is 0 Å². The van der Waals surface area contributed by atoms with Crippen molar-refractivity contribution in [1.29, 1.82) is 0 Å². The van der Waals surface area contributed by atoms with Gasteiger partial charge in [0.15, 0.2) is 5.15 Å². The number of anilines is 2. The Morgan fingerprint density at radius 2 is 1.74 bits per heavy atom. The molecule has 1 amide bonds. The van der Waals surface area contributed by atoms with Gasteiger partial charge in [0.05, 0.1) is 5.69 Å². The van der Waals surface area contributed by atoms with Crippen LogP contribution in [-0.2, 0) is 4.79 Å². The predicted molar refractivity (Wildman–Crippen MR) is 92.3 cm³/mol. The molecule has 0 saturated carbocycles. The van der Waals surface area contributed by atoms with E-state index in [1.165, 1.54) is 4.90 Å². The van der Waals surface area contributed by atoms with Gasteiger partial charge in [-0.25, -0.2) is 9.97 Å². The number of nitrogens with zero attached hydrogens (tertiary/aromatic N) is 3. The van der Waals surface area contributed by atoms with Crippen molar-refractivity contribution < 1.29 is 4.79 Å². The minimum absolute atomic E-state index is 0.284. The third-order valence-electron chi connectivity index (χ3n) is 3.08. The van der Waals surface area contributed by atoms with Gasteiger partial charge in [0, 0.05) is 23.0 Å². The molecule has 0 aliphatic rings. The number of pyridine rings is 2. The number of carbonyl (C=O) groups excluding carboxylic acids is 1. The molecule has 0 bridgehead atoms. The highest BCUT2D eigenvalue weighted by molar-refractivity contribution is 7.99. The summed E-state index contributed by atoms with van der Waals surface area (Å²) in [5.74, 6) is 0. The van der Waals surface area contributed by atoms with Gasteiger partial charge in [-0.15, -0.1) is 0 Å². The lowest BCUT2D eigenvalue weighted by molar-refractivity contribution is -0.106. The molecular weight excluding hydrogens is 330 g/mol. The topological polar surface area (TPSA) is 46.1 Å². The number of rotatable bonds is 5. The van der Waals surface area contributed by atoms with Crippen LogP contribution in [-0.4, -0.2) is 16.4 Å². The first kappa shape index (κ1) is 15.5. The first-order chi connectivity index (χ1) is 11.3. The van der Waals surface area contributed by atoms with E-state index in [9.17, 15) is 4.79 Å². The van der Waals surface area contributed by atoms with Crippen molar-refractivity contribution in [1.82, 2.24) is 9.97 Å². The molecule has 0 unspecified atom stereocenters. The van der Waals surface area contributed by atoms with E-state index in [4.69, 9.17) is 11.6 Å². The molecule has 3 aromatic rings. The molecule has 6 heteroatoms. The molecule has 1 aromatic carbocycles. The van der Waals surface area contributed by atoms with Gasteiger partial charge in [0.1, 0.15) is 5.03 Å². The first-order valence-electron chi connectivity index (χ1n) is 6.82. The number of aromatic nitrogens is 2. The molecule has 23 heavy (non-hydrogen) atoms. The Morgan fingerprint density at radius 1 is 0.957 bits per heavy atom. The van der Waals surface area contributed by atoms with Crippen LogP contribution in [0.4, 0.5) is 11.4 Å². The summed E-state index contributed by atoms with van der Waals surface area (Å²) >= 11 is 7.62. The third kappa shape index (κ3) is 3.70. The van der Waals surface area contributed by atoms with Crippen LogP contribution in [0.2, 0.25) is 5.15 Å². The maximum absolute atomic E-state index is 11.5. The average molecular weight is 342 g/mol. The van der Waals surface area contributed by atoms with Gasteiger partial charge in [-0.3, -0.25) is 9.69 Å². The van der Waals surface area contributed by atoms with Crippen LogP contribution in [0.15, 0.2) is 76.9 Å². The second-order valence-electron chi connectivity index (χ2n) is 4.55. The van der Waals surface area contributed by atoms with E-state index >= 15 is 0 Å². The molecule has 3 rings (SSSR count). The van der Waals surface area contributed by atoms with Crippen LogP contribution < -0.4 is 4.90 Å². The highest BCUT2D eigenvalue weighted by Crippen LogP contribution is 2.32. The Balaban J connectivity index is 1.83. The van der Waals surface area contributed by atoms with E-state index in [0.717, 1.165) is 22.0 Å².